The molecule has 0 unspecified atom stereocenters. The molecule has 0 saturated carbocycles. The molecule has 1 amide bonds. The maximum absolute atomic E-state index is 13.4. The molecule has 1 aliphatic rings. The Morgan fingerprint density at radius 3 is 2.61 bits per heavy atom. The van der Waals surface area contributed by atoms with Crippen LogP contribution in [0.2, 0.25) is 0 Å². The topological polar surface area (TPSA) is 59.9 Å². The van der Waals surface area contributed by atoms with Crippen molar-refractivity contribution in [2.24, 2.45) is 4.99 Å². The van der Waals surface area contributed by atoms with Crippen LogP contribution in [-0.4, -0.2) is 19.2 Å². The highest BCUT2D eigenvalue weighted by molar-refractivity contribution is 7.16. The molecule has 0 bridgehead atoms. The maximum atomic E-state index is 13.4. The van der Waals surface area contributed by atoms with Crippen molar-refractivity contribution in [3.8, 4) is 11.5 Å². The molecule has 4 aromatic carbocycles. The summed E-state index contributed by atoms with van der Waals surface area (Å²) in [6.07, 6.45) is 5.99. The van der Waals surface area contributed by atoms with Crippen LogP contribution in [0, 0.1) is 0 Å². The Morgan fingerprint density at radius 2 is 1.73 bits per heavy atom. The van der Waals surface area contributed by atoms with Gasteiger partial charge in [-0.3, -0.25) is 4.79 Å². The van der Waals surface area contributed by atoms with Gasteiger partial charge in [-0.05, 0) is 76.9 Å². The van der Waals surface area contributed by atoms with Crippen molar-refractivity contribution in [1.82, 2.24) is 5.32 Å². The molecular weight excluding hydrogens is 528 g/mol. The SMILES string of the molecule is COc1cc(/C=N/c2sc3c(c2C(=O)NCc2ccccc2)CCCC3)ccc1OCc1cccc2ccccc12. The first kappa shape index (κ1) is 26.8. The Kier molecular flexibility index (Phi) is 8.10. The molecule has 5 nitrogen and oxygen atoms in total. The number of methoxy groups -OCH3 is 1. The molecule has 0 spiro atoms. The third-order valence-electron chi connectivity index (χ3n) is 7.46. The number of fused-ring (bicyclic) bond motifs is 2. The van der Waals surface area contributed by atoms with Crippen LogP contribution in [-0.2, 0) is 26.0 Å². The molecule has 1 aliphatic carbocycles. The van der Waals surface area contributed by atoms with E-state index in [1.807, 2.05) is 66.9 Å². The number of benzene rings is 4. The largest absolute Gasteiger partial charge is 0.493 e. The number of thiophene rings is 1. The molecule has 5 aromatic rings. The third kappa shape index (κ3) is 6.03. The zero-order valence-electron chi connectivity index (χ0n) is 23.1. The van der Waals surface area contributed by atoms with E-state index in [9.17, 15) is 4.79 Å². The normalized spacial score (nSPS) is 12.8. The standard InChI is InChI=1S/C35H32N2O3S/c1-39-31-20-25(18-19-30(31)40-23-27-14-9-13-26-12-5-6-15-28(26)27)22-37-35-33(29-16-7-8-17-32(29)41-35)34(38)36-21-24-10-3-2-4-11-24/h2-6,9-15,18-20,22H,7-8,16-17,21,23H2,1H3,(H,36,38)/b37-22+. The lowest BCUT2D eigenvalue weighted by Crippen LogP contribution is -2.24. The molecule has 1 N–H and O–H groups in total. The van der Waals surface area contributed by atoms with Gasteiger partial charge in [-0.1, -0.05) is 72.8 Å². The predicted octanol–water partition coefficient (Wildman–Crippen LogP) is 8.05. The van der Waals surface area contributed by atoms with Crippen LogP contribution >= 0.6 is 11.3 Å². The van der Waals surface area contributed by atoms with E-state index in [4.69, 9.17) is 14.5 Å². The average molecular weight is 561 g/mol. The van der Waals surface area contributed by atoms with Gasteiger partial charge in [0.1, 0.15) is 11.6 Å². The zero-order valence-corrected chi connectivity index (χ0v) is 23.9. The van der Waals surface area contributed by atoms with Gasteiger partial charge in [0.2, 0.25) is 0 Å². The number of carbonyl (C=O) groups excluding carboxylic acids is 1. The number of aliphatic imine (C=N–C) groups is 1. The number of hydrogen-bond acceptors (Lipinski definition) is 5. The average Bonchev–Trinajstić information content (AvgIpc) is 3.41. The quantitative estimate of drug-likeness (QED) is 0.186. The van der Waals surface area contributed by atoms with Gasteiger partial charge in [0, 0.05) is 17.6 Å². The highest BCUT2D eigenvalue weighted by atomic mass is 32.1. The van der Waals surface area contributed by atoms with Gasteiger partial charge in [-0.2, -0.15) is 0 Å². The number of ether oxygens (including phenoxy) is 2. The van der Waals surface area contributed by atoms with Crippen LogP contribution in [0.4, 0.5) is 5.00 Å². The summed E-state index contributed by atoms with van der Waals surface area (Å²) in [5.41, 5.74) is 4.95. The van der Waals surface area contributed by atoms with E-state index in [2.05, 4.69) is 35.6 Å². The van der Waals surface area contributed by atoms with Crippen molar-refractivity contribution in [2.75, 3.05) is 7.11 Å². The Labute approximate surface area is 244 Å². The summed E-state index contributed by atoms with van der Waals surface area (Å²) in [6, 6.07) is 30.3. The fourth-order valence-corrected chi connectivity index (χ4v) is 6.56. The van der Waals surface area contributed by atoms with E-state index in [0.717, 1.165) is 58.5 Å². The summed E-state index contributed by atoms with van der Waals surface area (Å²) >= 11 is 1.64. The first-order valence-corrected chi connectivity index (χ1v) is 14.8. The monoisotopic (exact) mass is 560 g/mol. The highest BCUT2D eigenvalue weighted by Crippen LogP contribution is 2.40. The van der Waals surface area contributed by atoms with Crippen molar-refractivity contribution < 1.29 is 14.3 Å². The molecule has 0 saturated heterocycles. The van der Waals surface area contributed by atoms with Crippen molar-refractivity contribution in [1.29, 1.82) is 0 Å². The zero-order chi connectivity index (χ0) is 28.0. The lowest BCUT2D eigenvalue weighted by atomic mass is 9.95. The van der Waals surface area contributed by atoms with Gasteiger partial charge in [-0.25, -0.2) is 4.99 Å². The highest BCUT2D eigenvalue weighted by Gasteiger charge is 2.25. The molecule has 206 valence electrons. The second-order valence-electron chi connectivity index (χ2n) is 10.2. The Balaban J connectivity index is 1.21. The molecule has 0 fully saturated rings. The molecule has 6 heteroatoms. The number of nitrogens with zero attached hydrogens (tertiary/aromatic N) is 1. The van der Waals surface area contributed by atoms with Crippen LogP contribution in [0.3, 0.4) is 0 Å². The lowest BCUT2D eigenvalue weighted by molar-refractivity contribution is 0.0951. The summed E-state index contributed by atoms with van der Waals surface area (Å²) in [5, 5.41) is 6.24. The van der Waals surface area contributed by atoms with E-state index in [0.29, 0.717) is 24.7 Å². The number of nitrogens with one attached hydrogen (secondary N) is 1. The van der Waals surface area contributed by atoms with Crippen LogP contribution < -0.4 is 14.8 Å². The molecule has 0 atom stereocenters. The van der Waals surface area contributed by atoms with E-state index in [1.54, 1.807) is 18.4 Å². The van der Waals surface area contributed by atoms with E-state index >= 15 is 0 Å². The van der Waals surface area contributed by atoms with Gasteiger partial charge >= 0.3 is 0 Å². The molecule has 0 radical (unpaired) electrons. The molecule has 0 aliphatic heterocycles. The van der Waals surface area contributed by atoms with Crippen molar-refractivity contribution in [2.45, 2.75) is 38.8 Å². The second kappa shape index (κ2) is 12.4. The number of hydrogen-bond donors (Lipinski definition) is 1. The summed E-state index contributed by atoms with van der Waals surface area (Å²) in [4.78, 5) is 19.5. The summed E-state index contributed by atoms with van der Waals surface area (Å²) < 4.78 is 11.9. The fourth-order valence-electron chi connectivity index (χ4n) is 5.33. The number of aryl methyl sites for hydroxylation is 1. The van der Waals surface area contributed by atoms with Crippen LogP contribution in [0.25, 0.3) is 10.8 Å². The third-order valence-corrected chi connectivity index (χ3v) is 8.66. The molecule has 41 heavy (non-hydrogen) atoms. The number of rotatable bonds is 9. The molecular formula is C35H32N2O3S. The van der Waals surface area contributed by atoms with Gasteiger partial charge in [-0.15, -0.1) is 11.3 Å². The predicted molar refractivity (Wildman–Crippen MR) is 167 cm³/mol. The van der Waals surface area contributed by atoms with Gasteiger partial charge < -0.3 is 14.8 Å². The Morgan fingerprint density at radius 1 is 0.927 bits per heavy atom. The molecule has 1 aromatic heterocycles. The summed E-state index contributed by atoms with van der Waals surface area (Å²) in [7, 11) is 1.64. The number of carbonyl (C=O) groups is 1. The Bertz CT molecular complexity index is 1700. The van der Waals surface area contributed by atoms with E-state index in [-0.39, 0.29) is 5.91 Å². The van der Waals surface area contributed by atoms with Crippen molar-refractivity contribution >= 4 is 39.2 Å². The smallest absolute Gasteiger partial charge is 0.254 e. The molecule has 6 rings (SSSR count). The van der Waals surface area contributed by atoms with E-state index < -0.39 is 0 Å². The minimum absolute atomic E-state index is 0.0600. The summed E-state index contributed by atoms with van der Waals surface area (Å²) in [5.74, 6) is 1.25. The van der Waals surface area contributed by atoms with Crippen LogP contribution in [0.5, 0.6) is 11.5 Å². The maximum Gasteiger partial charge on any atom is 0.254 e. The first-order valence-electron chi connectivity index (χ1n) is 14.0. The van der Waals surface area contributed by atoms with Gasteiger partial charge in [0.15, 0.2) is 11.5 Å². The van der Waals surface area contributed by atoms with Crippen LogP contribution in [0.15, 0.2) is 96.0 Å². The van der Waals surface area contributed by atoms with E-state index in [1.165, 1.54) is 15.6 Å². The minimum atomic E-state index is -0.0600. The lowest BCUT2D eigenvalue weighted by Gasteiger charge is -2.13. The molecule has 1 heterocycles. The second-order valence-corrected chi connectivity index (χ2v) is 11.2. The summed E-state index contributed by atoms with van der Waals surface area (Å²) in [6.45, 7) is 0.929. The minimum Gasteiger partial charge on any atom is -0.493 e. The van der Waals surface area contributed by atoms with Crippen LogP contribution in [0.1, 0.15) is 50.3 Å². The number of amides is 1. The first-order chi connectivity index (χ1) is 20.2. The van der Waals surface area contributed by atoms with Crippen molar-refractivity contribution in [3.63, 3.8) is 0 Å². The Hall–Kier alpha value is -4.42. The van der Waals surface area contributed by atoms with Crippen molar-refractivity contribution in [3.05, 3.63) is 124 Å². The fraction of sp³-hybridized carbons (Fsp3) is 0.200. The van der Waals surface area contributed by atoms with Gasteiger partial charge in [0.05, 0.1) is 12.7 Å². The van der Waals surface area contributed by atoms with Gasteiger partial charge in [0.25, 0.3) is 5.91 Å².